The molecule has 3 rings (SSSR count). The lowest BCUT2D eigenvalue weighted by Gasteiger charge is -2.14. The number of nitrogen functional groups attached to an aromatic ring is 1. The van der Waals surface area contributed by atoms with Crippen LogP contribution < -0.4 is 15.2 Å². The van der Waals surface area contributed by atoms with Crippen molar-refractivity contribution in [3.8, 4) is 17.2 Å². The molecule has 4 N–H and O–H groups in total. The molecule has 0 fully saturated rings. The van der Waals surface area contributed by atoms with Crippen molar-refractivity contribution in [2.75, 3.05) is 12.8 Å². The van der Waals surface area contributed by atoms with Gasteiger partial charge in [0.1, 0.15) is 0 Å². The van der Waals surface area contributed by atoms with E-state index in [1.807, 2.05) is 25.1 Å². The molecule has 1 heterocycles. The summed E-state index contributed by atoms with van der Waals surface area (Å²) in [5.74, 6) is -0.0817. The van der Waals surface area contributed by atoms with E-state index in [1.165, 1.54) is 7.11 Å². The summed E-state index contributed by atoms with van der Waals surface area (Å²) in [6.07, 6.45) is 0. The summed E-state index contributed by atoms with van der Waals surface area (Å²) in [5.41, 5.74) is 9.21. The quantitative estimate of drug-likeness (QED) is 0.609. The Bertz CT molecular complexity index is 946. The zero-order valence-corrected chi connectivity index (χ0v) is 14.3. The Balaban J connectivity index is 1.97. The first-order valence-electron chi connectivity index (χ1n) is 7.86. The highest BCUT2D eigenvalue weighted by molar-refractivity contribution is 5.86. The minimum absolute atomic E-state index is 0.454. The monoisotopic (exact) mass is 340 g/mol. The van der Waals surface area contributed by atoms with Gasteiger partial charge in [0.25, 0.3) is 0 Å². The Morgan fingerprint density at radius 3 is 2.60 bits per heavy atom. The van der Waals surface area contributed by atoms with Gasteiger partial charge >= 0.3 is 5.97 Å². The lowest BCUT2D eigenvalue weighted by atomic mass is 10.0. The topological polar surface area (TPSA) is 97.6 Å². The van der Waals surface area contributed by atoms with Gasteiger partial charge in [0.05, 0.1) is 18.7 Å². The predicted octanol–water partition coefficient (Wildman–Crippen LogP) is 4.05. The van der Waals surface area contributed by atoms with Gasteiger partial charge in [-0.25, -0.2) is 0 Å². The minimum atomic E-state index is -0.895. The lowest BCUT2D eigenvalue weighted by molar-refractivity contribution is -0.138. The summed E-state index contributed by atoms with van der Waals surface area (Å²) in [7, 11) is 1.51. The molecule has 1 aromatic heterocycles. The number of carbonyl (C=O) groups is 1. The number of aromatic nitrogens is 1. The van der Waals surface area contributed by atoms with E-state index >= 15 is 0 Å². The van der Waals surface area contributed by atoms with Gasteiger partial charge in [-0.2, -0.15) is 0 Å². The molecule has 0 aliphatic carbocycles. The van der Waals surface area contributed by atoms with E-state index < -0.39 is 11.9 Å². The van der Waals surface area contributed by atoms with E-state index in [0.29, 0.717) is 28.5 Å². The maximum absolute atomic E-state index is 11.2. The van der Waals surface area contributed by atoms with E-state index in [0.717, 1.165) is 16.6 Å². The number of aryl methyl sites for hydroxylation is 1. The van der Waals surface area contributed by atoms with Crippen LogP contribution in [0, 0.1) is 6.92 Å². The fourth-order valence-corrected chi connectivity index (χ4v) is 2.71. The molecule has 3 aromatic rings. The van der Waals surface area contributed by atoms with Crippen molar-refractivity contribution in [3.05, 3.63) is 47.7 Å². The van der Waals surface area contributed by atoms with Crippen molar-refractivity contribution in [1.29, 1.82) is 0 Å². The van der Waals surface area contributed by atoms with Crippen molar-refractivity contribution in [2.24, 2.45) is 0 Å². The molecule has 2 aromatic carbocycles. The van der Waals surface area contributed by atoms with Gasteiger partial charge in [-0.3, -0.25) is 4.79 Å². The fourth-order valence-electron chi connectivity index (χ4n) is 2.71. The van der Waals surface area contributed by atoms with Crippen molar-refractivity contribution >= 4 is 22.6 Å². The fraction of sp³-hybridized carbons (Fsp3) is 0.211. The lowest BCUT2D eigenvalue weighted by Crippen LogP contribution is -2.07. The van der Waals surface area contributed by atoms with E-state index in [9.17, 15) is 4.79 Å². The zero-order valence-electron chi connectivity index (χ0n) is 14.3. The SMILES string of the molecule is COc1cc(C(C)C(=O)O)ccc1Oc1cc2cc(C)[nH]c2cc1N. The molecule has 0 bridgehead atoms. The summed E-state index contributed by atoms with van der Waals surface area (Å²) in [6.45, 7) is 3.60. The van der Waals surface area contributed by atoms with Crippen LogP contribution in [-0.4, -0.2) is 23.2 Å². The van der Waals surface area contributed by atoms with Crippen LogP contribution in [0.15, 0.2) is 36.4 Å². The summed E-state index contributed by atoms with van der Waals surface area (Å²) in [6, 6.07) is 10.8. The van der Waals surface area contributed by atoms with E-state index in [2.05, 4.69) is 4.98 Å². The summed E-state index contributed by atoms with van der Waals surface area (Å²) in [4.78, 5) is 14.4. The van der Waals surface area contributed by atoms with Crippen molar-refractivity contribution in [2.45, 2.75) is 19.8 Å². The Labute approximate surface area is 145 Å². The Morgan fingerprint density at radius 2 is 1.92 bits per heavy atom. The molecule has 1 atom stereocenters. The molecule has 25 heavy (non-hydrogen) atoms. The number of anilines is 1. The number of nitrogens with one attached hydrogen (secondary N) is 1. The summed E-state index contributed by atoms with van der Waals surface area (Å²) in [5, 5.41) is 10.1. The highest BCUT2D eigenvalue weighted by atomic mass is 16.5. The van der Waals surface area contributed by atoms with Crippen molar-refractivity contribution in [3.63, 3.8) is 0 Å². The minimum Gasteiger partial charge on any atom is -0.493 e. The van der Waals surface area contributed by atoms with Crippen LogP contribution in [0.2, 0.25) is 0 Å². The molecule has 6 nitrogen and oxygen atoms in total. The van der Waals surface area contributed by atoms with Crippen LogP contribution in [0.5, 0.6) is 17.2 Å². The van der Waals surface area contributed by atoms with Crippen LogP contribution in [-0.2, 0) is 4.79 Å². The first-order valence-corrected chi connectivity index (χ1v) is 7.86. The van der Waals surface area contributed by atoms with Crippen LogP contribution in [0.3, 0.4) is 0 Å². The number of hydrogen-bond donors (Lipinski definition) is 3. The van der Waals surface area contributed by atoms with E-state index in [4.69, 9.17) is 20.3 Å². The Morgan fingerprint density at radius 1 is 1.16 bits per heavy atom. The maximum Gasteiger partial charge on any atom is 0.310 e. The number of rotatable bonds is 5. The zero-order chi connectivity index (χ0) is 18.1. The van der Waals surface area contributed by atoms with Gasteiger partial charge in [-0.05, 0) is 49.7 Å². The second-order valence-corrected chi connectivity index (χ2v) is 6.00. The summed E-state index contributed by atoms with van der Waals surface area (Å²) < 4.78 is 11.3. The van der Waals surface area contributed by atoms with Crippen molar-refractivity contribution < 1.29 is 19.4 Å². The van der Waals surface area contributed by atoms with Crippen LogP contribution in [0.1, 0.15) is 24.1 Å². The Hall–Kier alpha value is -3.15. The van der Waals surface area contributed by atoms with Crippen LogP contribution >= 0.6 is 0 Å². The number of carboxylic acids is 1. The number of fused-ring (bicyclic) bond motifs is 1. The number of ether oxygens (including phenoxy) is 2. The molecule has 130 valence electrons. The van der Waals surface area contributed by atoms with Gasteiger partial charge in [0.15, 0.2) is 17.2 Å². The molecule has 0 aliphatic rings. The number of H-pyrrole nitrogens is 1. The van der Waals surface area contributed by atoms with E-state index in [1.54, 1.807) is 25.1 Å². The smallest absolute Gasteiger partial charge is 0.310 e. The van der Waals surface area contributed by atoms with Gasteiger partial charge in [-0.1, -0.05) is 6.07 Å². The number of nitrogens with two attached hydrogens (primary N) is 1. The average Bonchev–Trinajstić information content (AvgIpc) is 2.93. The molecule has 0 spiro atoms. The Kier molecular flexibility index (Phi) is 4.27. The highest BCUT2D eigenvalue weighted by Crippen LogP contribution is 2.37. The third kappa shape index (κ3) is 3.24. The number of carboxylic acid groups (broad SMARTS) is 1. The first-order chi connectivity index (χ1) is 11.9. The number of hydrogen-bond acceptors (Lipinski definition) is 4. The average molecular weight is 340 g/mol. The normalized spacial score (nSPS) is 12.1. The van der Waals surface area contributed by atoms with Gasteiger partial charge in [0.2, 0.25) is 0 Å². The number of benzene rings is 2. The van der Waals surface area contributed by atoms with Gasteiger partial charge in [0, 0.05) is 16.6 Å². The number of aliphatic carboxylic acids is 1. The van der Waals surface area contributed by atoms with Crippen LogP contribution in [0.25, 0.3) is 10.9 Å². The first kappa shape index (κ1) is 16.7. The van der Waals surface area contributed by atoms with Gasteiger partial charge < -0.3 is 25.3 Å². The second kappa shape index (κ2) is 6.39. The molecule has 0 amide bonds. The summed E-state index contributed by atoms with van der Waals surface area (Å²) >= 11 is 0. The molecule has 0 saturated heterocycles. The van der Waals surface area contributed by atoms with Gasteiger partial charge in [-0.15, -0.1) is 0 Å². The van der Waals surface area contributed by atoms with Crippen molar-refractivity contribution in [1.82, 2.24) is 4.98 Å². The second-order valence-electron chi connectivity index (χ2n) is 6.00. The van der Waals surface area contributed by atoms with Crippen LogP contribution in [0.4, 0.5) is 5.69 Å². The molecular formula is C19H20N2O4. The standard InChI is InChI=1S/C19H20N2O4/c1-10-6-13-8-17(14(20)9-15(13)21-10)25-16-5-4-12(7-18(16)24-3)11(2)19(22)23/h4-9,11,21H,20H2,1-3H3,(H,22,23). The number of methoxy groups -OCH3 is 1. The molecule has 0 radical (unpaired) electrons. The molecule has 6 heteroatoms. The third-order valence-corrected chi connectivity index (χ3v) is 4.16. The highest BCUT2D eigenvalue weighted by Gasteiger charge is 2.17. The maximum atomic E-state index is 11.2. The third-order valence-electron chi connectivity index (χ3n) is 4.16. The molecule has 0 aliphatic heterocycles. The van der Waals surface area contributed by atoms with E-state index in [-0.39, 0.29) is 0 Å². The molecular weight excluding hydrogens is 320 g/mol. The predicted molar refractivity (Wildman–Crippen MR) is 96.6 cm³/mol. The largest absolute Gasteiger partial charge is 0.493 e. The molecule has 0 saturated carbocycles. The molecule has 1 unspecified atom stereocenters. The number of aromatic amines is 1.